The van der Waals surface area contributed by atoms with Crippen LogP contribution in [0.4, 0.5) is 17.1 Å². The molecule has 9 aromatic rings. The minimum atomic E-state index is -0.139. The van der Waals surface area contributed by atoms with Crippen molar-refractivity contribution in [1.82, 2.24) is 0 Å². The summed E-state index contributed by atoms with van der Waals surface area (Å²) in [4.78, 5) is 2.58. The standard InChI is InChI=1S/C59H45N/c1-58(2)51-25-12-10-21-45(51)47-30-28-42(35-53(47)58)60(43-29-31-48-46-22-11-13-26-52(46)59(3,4)54(48)36-43)55-27-14-20-40-33-41-32-38-18-8-9-19-39(38)34-50(41)49-24-15-23-44(57(49)56(40)55)37-16-6-5-7-17-37/h5-32,34-36H,33H2,1-4H3. The first-order valence-electron chi connectivity index (χ1n) is 21.4. The number of hydrogen-bond acceptors (Lipinski definition) is 1. The highest BCUT2D eigenvalue weighted by Gasteiger charge is 2.38. The molecule has 3 aliphatic carbocycles. The molecular weight excluding hydrogens is 723 g/mol. The summed E-state index contributed by atoms with van der Waals surface area (Å²) in [7, 11) is 0. The van der Waals surface area contributed by atoms with Crippen molar-refractivity contribution < 1.29 is 0 Å². The summed E-state index contributed by atoms with van der Waals surface area (Å²) < 4.78 is 0. The van der Waals surface area contributed by atoms with Crippen molar-refractivity contribution in [2.45, 2.75) is 44.9 Å². The molecule has 0 heterocycles. The van der Waals surface area contributed by atoms with Crippen LogP contribution in [0.3, 0.4) is 0 Å². The Hall–Kier alpha value is -6.96. The average molecular weight is 768 g/mol. The highest BCUT2D eigenvalue weighted by molar-refractivity contribution is 6.05. The predicted octanol–water partition coefficient (Wildman–Crippen LogP) is 15.8. The van der Waals surface area contributed by atoms with Crippen LogP contribution in [0.5, 0.6) is 0 Å². The van der Waals surface area contributed by atoms with E-state index < -0.39 is 0 Å². The fraction of sp³-hybridized carbons (Fsp3) is 0.119. The second-order valence-corrected chi connectivity index (χ2v) is 18.1. The van der Waals surface area contributed by atoms with Crippen LogP contribution in [0.1, 0.15) is 61.1 Å². The Bertz CT molecular complexity index is 3130. The van der Waals surface area contributed by atoms with Gasteiger partial charge in [0.25, 0.3) is 0 Å². The molecule has 0 saturated carbocycles. The summed E-state index contributed by atoms with van der Waals surface area (Å²) in [5.74, 6) is 0. The Morgan fingerprint density at radius 1 is 0.350 bits per heavy atom. The molecule has 0 saturated heterocycles. The van der Waals surface area contributed by atoms with Gasteiger partial charge in [-0.3, -0.25) is 0 Å². The van der Waals surface area contributed by atoms with Gasteiger partial charge in [-0.25, -0.2) is 0 Å². The zero-order valence-electron chi connectivity index (χ0n) is 34.6. The second kappa shape index (κ2) is 12.8. The van der Waals surface area contributed by atoms with Crippen molar-refractivity contribution in [2.75, 3.05) is 4.90 Å². The van der Waals surface area contributed by atoms with Crippen molar-refractivity contribution in [3.8, 4) is 55.6 Å². The first-order valence-corrected chi connectivity index (χ1v) is 21.4. The number of anilines is 3. The maximum Gasteiger partial charge on any atom is 0.0543 e. The first kappa shape index (κ1) is 35.0. The Kier molecular flexibility index (Phi) is 7.45. The third-order valence-electron chi connectivity index (χ3n) is 14.1. The van der Waals surface area contributed by atoms with Gasteiger partial charge in [-0.1, -0.05) is 179 Å². The van der Waals surface area contributed by atoms with Crippen LogP contribution in [-0.2, 0) is 17.3 Å². The summed E-state index contributed by atoms with van der Waals surface area (Å²) in [6.07, 6.45) is 0.832. The maximum atomic E-state index is 2.58. The molecule has 0 radical (unpaired) electrons. The van der Waals surface area contributed by atoms with E-state index in [4.69, 9.17) is 0 Å². The van der Waals surface area contributed by atoms with Crippen molar-refractivity contribution in [3.63, 3.8) is 0 Å². The quantitative estimate of drug-likeness (QED) is 0.172. The highest BCUT2D eigenvalue weighted by Crippen LogP contribution is 2.56. The van der Waals surface area contributed by atoms with E-state index in [1.807, 2.05) is 0 Å². The number of benzene rings is 9. The largest absolute Gasteiger partial charge is 0.310 e. The van der Waals surface area contributed by atoms with E-state index in [0.717, 1.165) is 6.42 Å². The summed E-state index contributed by atoms with van der Waals surface area (Å²) in [6, 6.07) is 71.1. The van der Waals surface area contributed by atoms with Gasteiger partial charge < -0.3 is 4.90 Å². The lowest BCUT2D eigenvalue weighted by Crippen LogP contribution is -2.18. The Morgan fingerprint density at radius 2 is 0.867 bits per heavy atom. The van der Waals surface area contributed by atoms with Crippen LogP contribution >= 0.6 is 0 Å². The summed E-state index contributed by atoms with van der Waals surface area (Å²) in [6.45, 7) is 9.55. The molecule has 9 aromatic carbocycles. The van der Waals surface area contributed by atoms with Gasteiger partial charge in [-0.15, -0.1) is 0 Å². The minimum Gasteiger partial charge on any atom is -0.310 e. The van der Waals surface area contributed by atoms with Gasteiger partial charge >= 0.3 is 0 Å². The highest BCUT2D eigenvalue weighted by atomic mass is 15.1. The van der Waals surface area contributed by atoms with E-state index in [2.05, 4.69) is 221 Å². The van der Waals surface area contributed by atoms with Gasteiger partial charge in [0.1, 0.15) is 0 Å². The molecule has 1 nitrogen and oxygen atoms in total. The lowest BCUT2D eigenvalue weighted by molar-refractivity contribution is 0.660. The number of rotatable bonds is 4. The van der Waals surface area contributed by atoms with Gasteiger partial charge in [0.15, 0.2) is 0 Å². The van der Waals surface area contributed by atoms with Crippen molar-refractivity contribution in [1.29, 1.82) is 0 Å². The van der Waals surface area contributed by atoms with Crippen molar-refractivity contribution >= 4 is 27.8 Å². The van der Waals surface area contributed by atoms with Gasteiger partial charge in [0.2, 0.25) is 0 Å². The molecule has 0 aliphatic heterocycles. The summed E-state index contributed by atoms with van der Waals surface area (Å²) >= 11 is 0. The zero-order valence-corrected chi connectivity index (χ0v) is 34.6. The number of nitrogens with zero attached hydrogens (tertiary/aromatic N) is 1. The molecule has 0 fully saturated rings. The van der Waals surface area contributed by atoms with Crippen LogP contribution in [0, 0.1) is 0 Å². The smallest absolute Gasteiger partial charge is 0.0543 e. The average Bonchev–Trinajstić information content (AvgIpc) is 3.58. The van der Waals surface area contributed by atoms with Gasteiger partial charge in [-0.05, 0) is 137 Å². The van der Waals surface area contributed by atoms with E-state index in [1.54, 1.807) is 0 Å². The van der Waals surface area contributed by atoms with Gasteiger partial charge in [0, 0.05) is 27.8 Å². The molecular formula is C59H45N. The lowest BCUT2D eigenvalue weighted by atomic mass is 9.82. The summed E-state index contributed by atoms with van der Waals surface area (Å²) in [5.41, 5.74) is 24.4. The zero-order chi connectivity index (χ0) is 40.3. The molecule has 0 amide bonds. The molecule has 0 aromatic heterocycles. The molecule has 0 atom stereocenters. The Labute approximate surface area is 353 Å². The van der Waals surface area contributed by atoms with E-state index in [1.165, 1.54) is 117 Å². The van der Waals surface area contributed by atoms with Crippen LogP contribution in [0.2, 0.25) is 0 Å². The molecule has 0 N–H and O–H groups in total. The molecule has 1 heteroatoms. The third kappa shape index (κ3) is 4.99. The predicted molar refractivity (Wildman–Crippen MR) is 253 cm³/mol. The molecule has 0 spiro atoms. The summed E-state index contributed by atoms with van der Waals surface area (Å²) in [5, 5.41) is 2.55. The normalized spacial score (nSPS) is 14.5. The topological polar surface area (TPSA) is 3.24 Å². The first-order chi connectivity index (χ1) is 29.3. The second-order valence-electron chi connectivity index (χ2n) is 18.1. The van der Waals surface area contributed by atoms with E-state index in [9.17, 15) is 0 Å². The van der Waals surface area contributed by atoms with E-state index in [-0.39, 0.29) is 10.8 Å². The molecule has 0 unspecified atom stereocenters. The molecule has 0 bridgehead atoms. The van der Waals surface area contributed by atoms with Crippen LogP contribution in [0.25, 0.3) is 66.4 Å². The fourth-order valence-electron chi connectivity index (χ4n) is 11.1. The van der Waals surface area contributed by atoms with Gasteiger partial charge in [-0.2, -0.15) is 0 Å². The number of hydrogen-bond donors (Lipinski definition) is 0. The third-order valence-corrected chi connectivity index (χ3v) is 14.1. The van der Waals surface area contributed by atoms with Crippen molar-refractivity contribution in [2.24, 2.45) is 0 Å². The maximum absolute atomic E-state index is 2.58. The monoisotopic (exact) mass is 767 g/mol. The van der Waals surface area contributed by atoms with Crippen molar-refractivity contribution in [3.05, 3.63) is 221 Å². The Morgan fingerprint density at radius 3 is 1.52 bits per heavy atom. The van der Waals surface area contributed by atoms with Gasteiger partial charge in [0.05, 0.1) is 5.69 Å². The SMILES string of the molecule is CC1(C)c2ccccc2-c2ccc(N(c3ccc4c(c3)C(C)(C)c3ccccc3-4)c3cccc4c3-c3c(-c5ccccc5)cccc3-c3cc5ccccc5cc3C4)cc21. The van der Waals surface area contributed by atoms with E-state index >= 15 is 0 Å². The van der Waals surface area contributed by atoms with E-state index in [0.29, 0.717) is 0 Å². The minimum absolute atomic E-state index is 0.139. The molecule has 12 rings (SSSR count). The van der Waals surface area contributed by atoms with Crippen LogP contribution < -0.4 is 4.90 Å². The lowest BCUT2D eigenvalue weighted by Gasteiger charge is -2.32. The molecule has 3 aliphatic rings. The fourth-order valence-corrected chi connectivity index (χ4v) is 11.1. The molecule has 60 heavy (non-hydrogen) atoms. The van der Waals surface area contributed by atoms with Crippen LogP contribution in [-0.4, -0.2) is 0 Å². The Balaban J connectivity index is 1.16. The molecule has 286 valence electrons. The number of fused-ring (bicyclic) bond motifs is 12. The van der Waals surface area contributed by atoms with Crippen LogP contribution in [0.15, 0.2) is 188 Å².